The van der Waals surface area contributed by atoms with Crippen molar-refractivity contribution >= 4 is 36.5 Å². The molecule has 0 aromatic rings. The molecule has 4 aliphatic carbocycles. The average Bonchev–Trinajstić information content (AvgIpc) is 3.61. The molecule has 6 atom stereocenters. The van der Waals surface area contributed by atoms with Crippen LogP contribution >= 0.6 is 0 Å². The molecular formula is C31H45N5O7. The number of rotatable bonds is 8. The summed E-state index contributed by atoms with van der Waals surface area (Å²) in [4.78, 5) is 71.5. The van der Waals surface area contributed by atoms with Gasteiger partial charge in [0.1, 0.15) is 24.4 Å². The first kappa shape index (κ1) is 31.0. The van der Waals surface area contributed by atoms with Crippen molar-refractivity contribution in [2.45, 2.75) is 102 Å². The molecule has 0 radical (unpaired) electrons. The number of nitrogens with one attached hydrogen (secondary N) is 3. The van der Waals surface area contributed by atoms with E-state index in [0.717, 1.165) is 44.1 Å². The Morgan fingerprint density at radius 2 is 1.86 bits per heavy atom. The standard InChI is InChI=1S/C31H45N5O7/c1-30(2,3)25(34-28(40)35-31(11-7-6-8-12-31)16-43-29(41)42-5)27(39)36-15-18-13-20(18)23(36)26(38)33-21-14-17-9-10-19(17)22(32-4)24(21)37/h17-18,20-21,23,25H,4,6-16H2,1-3,5H3,(H,33,38)(H2,34,35,40)/t17?,18-,20-,21?,23?,25?/m0/s1. The van der Waals surface area contributed by atoms with Gasteiger partial charge in [-0.2, -0.15) is 0 Å². The molecule has 4 fully saturated rings. The molecule has 4 unspecified atom stereocenters. The number of nitrogens with zero attached hydrogens (tertiary/aromatic N) is 2. The highest BCUT2D eigenvalue weighted by Crippen LogP contribution is 2.50. The second kappa shape index (κ2) is 11.9. The van der Waals surface area contributed by atoms with Crippen LogP contribution in [0.2, 0.25) is 0 Å². The molecule has 43 heavy (non-hydrogen) atoms. The number of methoxy groups -OCH3 is 1. The van der Waals surface area contributed by atoms with E-state index in [4.69, 9.17) is 4.74 Å². The van der Waals surface area contributed by atoms with E-state index < -0.39 is 41.3 Å². The summed E-state index contributed by atoms with van der Waals surface area (Å²) < 4.78 is 9.84. The Labute approximate surface area is 252 Å². The predicted molar refractivity (Wildman–Crippen MR) is 157 cm³/mol. The molecule has 5 rings (SSSR count). The van der Waals surface area contributed by atoms with Crippen molar-refractivity contribution in [2.24, 2.45) is 28.2 Å². The van der Waals surface area contributed by atoms with Crippen molar-refractivity contribution in [3.8, 4) is 0 Å². The lowest BCUT2D eigenvalue weighted by molar-refractivity contribution is -0.143. The van der Waals surface area contributed by atoms with Crippen LogP contribution in [0.5, 0.6) is 0 Å². The number of carbonyl (C=O) groups excluding carboxylic acids is 5. The first-order valence-corrected chi connectivity index (χ1v) is 15.5. The maximum Gasteiger partial charge on any atom is 0.508 e. The molecule has 5 aliphatic rings. The van der Waals surface area contributed by atoms with Gasteiger partial charge in [-0.05, 0) is 74.0 Å². The molecule has 0 aromatic heterocycles. The van der Waals surface area contributed by atoms with Gasteiger partial charge in [-0.3, -0.25) is 19.4 Å². The molecule has 1 aliphatic heterocycles. The number of aliphatic imine (C=N–C) groups is 1. The van der Waals surface area contributed by atoms with Crippen molar-refractivity contribution in [1.29, 1.82) is 0 Å². The number of hydrogen-bond donors (Lipinski definition) is 3. The minimum atomic E-state index is -0.921. The van der Waals surface area contributed by atoms with Gasteiger partial charge in [-0.15, -0.1) is 0 Å². The smallest absolute Gasteiger partial charge is 0.438 e. The van der Waals surface area contributed by atoms with Gasteiger partial charge < -0.3 is 30.3 Å². The van der Waals surface area contributed by atoms with Gasteiger partial charge in [-0.1, -0.05) is 40.0 Å². The average molecular weight is 600 g/mol. The summed E-state index contributed by atoms with van der Waals surface area (Å²) in [6.07, 6.45) is 6.39. The van der Waals surface area contributed by atoms with Crippen molar-refractivity contribution in [3.63, 3.8) is 0 Å². The minimum Gasteiger partial charge on any atom is -0.438 e. The fourth-order valence-electron chi connectivity index (χ4n) is 7.38. The Balaban J connectivity index is 1.27. The van der Waals surface area contributed by atoms with Crippen LogP contribution in [-0.2, 0) is 23.9 Å². The number of hydrogen-bond acceptors (Lipinski definition) is 8. The molecule has 3 N–H and O–H groups in total. The fraction of sp³-hybridized carbons (Fsp3) is 0.742. The summed E-state index contributed by atoms with van der Waals surface area (Å²) in [5.74, 6) is -0.386. The molecule has 0 bridgehead atoms. The molecule has 0 aromatic carbocycles. The third-order valence-electron chi connectivity index (χ3n) is 10.0. The van der Waals surface area contributed by atoms with Crippen LogP contribution in [0.3, 0.4) is 0 Å². The Hall–Kier alpha value is -3.44. The number of likely N-dealkylation sites (tertiary alicyclic amines) is 1. The molecule has 3 saturated carbocycles. The quantitative estimate of drug-likeness (QED) is 0.286. The Morgan fingerprint density at radius 1 is 1.14 bits per heavy atom. The number of fused-ring (bicyclic) bond motifs is 2. The highest BCUT2D eigenvalue weighted by molar-refractivity contribution is 6.04. The SMILES string of the molecule is C=NC1=C2CCC2CC(NC(=O)C2[C@H]3C[C@H]3CN2C(=O)C(NC(=O)NC2(COC(=O)OC)CCCCC2)C(C)(C)C)C1=O. The number of urea groups is 1. The van der Waals surface area contributed by atoms with Crippen LogP contribution in [0, 0.1) is 23.2 Å². The third-order valence-corrected chi connectivity index (χ3v) is 10.0. The number of ketones is 1. The van der Waals surface area contributed by atoms with Crippen LogP contribution in [-0.4, -0.2) is 85.3 Å². The van der Waals surface area contributed by atoms with Crippen LogP contribution in [0.25, 0.3) is 0 Å². The normalized spacial score (nSPS) is 29.7. The lowest BCUT2D eigenvalue weighted by Gasteiger charge is -2.40. The molecule has 12 heteroatoms. The second-order valence-corrected chi connectivity index (χ2v) is 14.0. The Bertz CT molecular complexity index is 1220. The van der Waals surface area contributed by atoms with Gasteiger partial charge in [0.2, 0.25) is 17.6 Å². The number of carbonyl (C=O) groups is 5. The molecule has 1 saturated heterocycles. The molecule has 0 spiro atoms. The molecule has 4 amide bonds. The van der Waals surface area contributed by atoms with Crippen LogP contribution in [0.4, 0.5) is 9.59 Å². The van der Waals surface area contributed by atoms with Gasteiger partial charge in [0.05, 0.1) is 18.7 Å². The van der Waals surface area contributed by atoms with E-state index in [9.17, 15) is 24.0 Å². The lowest BCUT2D eigenvalue weighted by atomic mass is 9.69. The summed E-state index contributed by atoms with van der Waals surface area (Å²) in [5.41, 5.74) is -0.0123. The zero-order chi connectivity index (χ0) is 31.1. The highest BCUT2D eigenvalue weighted by atomic mass is 16.7. The maximum absolute atomic E-state index is 14.1. The molecule has 236 valence electrons. The zero-order valence-electron chi connectivity index (χ0n) is 25.7. The van der Waals surface area contributed by atoms with E-state index in [-0.39, 0.29) is 42.0 Å². The number of Topliss-reactive ketones (excluding diaryl/α,β-unsaturated/α-hetero) is 1. The number of allylic oxidation sites excluding steroid dienone is 1. The van der Waals surface area contributed by atoms with Gasteiger partial charge in [0.25, 0.3) is 0 Å². The maximum atomic E-state index is 14.1. The van der Waals surface area contributed by atoms with Crippen molar-refractivity contribution in [1.82, 2.24) is 20.9 Å². The van der Waals surface area contributed by atoms with Gasteiger partial charge in [0.15, 0.2) is 0 Å². The fourth-order valence-corrected chi connectivity index (χ4v) is 7.38. The van der Waals surface area contributed by atoms with Crippen molar-refractivity contribution in [3.05, 3.63) is 11.3 Å². The Kier molecular flexibility index (Phi) is 8.59. The topological polar surface area (TPSA) is 156 Å². The van der Waals surface area contributed by atoms with Crippen molar-refractivity contribution in [2.75, 3.05) is 20.3 Å². The number of amides is 4. The van der Waals surface area contributed by atoms with Gasteiger partial charge >= 0.3 is 12.2 Å². The minimum absolute atomic E-state index is 0.0283. The number of piperidine rings is 1. The van der Waals surface area contributed by atoms with E-state index in [1.54, 1.807) is 4.90 Å². The first-order valence-electron chi connectivity index (χ1n) is 15.5. The van der Waals surface area contributed by atoms with E-state index >= 15 is 0 Å². The largest absolute Gasteiger partial charge is 0.508 e. The summed E-state index contributed by atoms with van der Waals surface area (Å²) in [5, 5.41) is 8.85. The molecule has 1 heterocycles. The van der Waals surface area contributed by atoms with E-state index in [2.05, 4.69) is 32.4 Å². The van der Waals surface area contributed by atoms with Gasteiger partial charge in [0, 0.05) is 6.54 Å². The lowest BCUT2D eigenvalue weighted by Crippen LogP contribution is -2.63. The highest BCUT2D eigenvalue weighted by Gasteiger charge is 2.58. The summed E-state index contributed by atoms with van der Waals surface area (Å²) in [6, 6.07) is -2.84. The van der Waals surface area contributed by atoms with E-state index in [1.165, 1.54) is 7.11 Å². The third kappa shape index (κ3) is 6.28. The van der Waals surface area contributed by atoms with Crippen LogP contribution < -0.4 is 16.0 Å². The molecular weight excluding hydrogens is 554 g/mol. The van der Waals surface area contributed by atoms with Crippen molar-refractivity contribution < 1.29 is 33.4 Å². The summed E-state index contributed by atoms with van der Waals surface area (Å²) in [7, 11) is 1.23. The monoisotopic (exact) mass is 599 g/mol. The molecule has 12 nitrogen and oxygen atoms in total. The van der Waals surface area contributed by atoms with E-state index in [1.807, 2.05) is 20.8 Å². The predicted octanol–water partition coefficient (Wildman–Crippen LogP) is 2.86. The van der Waals surface area contributed by atoms with Crippen LogP contribution in [0.1, 0.15) is 78.6 Å². The Morgan fingerprint density at radius 3 is 2.47 bits per heavy atom. The van der Waals surface area contributed by atoms with Gasteiger partial charge in [-0.25, -0.2) is 9.59 Å². The summed E-state index contributed by atoms with van der Waals surface area (Å²) in [6.45, 7) is 9.57. The van der Waals surface area contributed by atoms with Crippen LogP contribution in [0.15, 0.2) is 16.3 Å². The first-order chi connectivity index (χ1) is 20.4. The van der Waals surface area contributed by atoms with E-state index in [0.29, 0.717) is 31.5 Å². The number of ether oxygens (including phenoxy) is 2. The zero-order valence-corrected chi connectivity index (χ0v) is 25.7. The summed E-state index contributed by atoms with van der Waals surface area (Å²) >= 11 is 0. The second-order valence-electron chi connectivity index (χ2n) is 14.0.